The Bertz CT molecular complexity index is 702. The van der Waals surface area contributed by atoms with Crippen LogP contribution in [0.1, 0.15) is 43.3 Å². The fourth-order valence-electron chi connectivity index (χ4n) is 2.14. The lowest BCUT2D eigenvalue weighted by molar-refractivity contribution is -0.444. The Kier molecular flexibility index (Phi) is 6.39. The van der Waals surface area contributed by atoms with Gasteiger partial charge in [0.25, 0.3) is 11.1 Å². The first-order valence-electron chi connectivity index (χ1n) is 8.07. The van der Waals surface area contributed by atoms with Gasteiger partial charge in [-0.3, -0.25) is 4.79 Å². The summed E-state index contributed by atoms with van der Waals surface area (Å²) in [5.74, 6) is 1.03. The van der Waals surface area contributed by atoms with Gasteiger partial charge in [-0.2, -0.15) is 0 Å². The summed E-state index contributed by atoms with van der Waals surface area (Å²) < 4.78 is 5.61. The van der Waals surface area contributed by atoms with Crippen molar-refractivity contribution in [2.45, 2.75) is 45.4 Å². The van der Waals surface area contributed by atoms with Crippen LogP contribution in [0.25, 0.3) is 0 Å². The van der Waals surface area contributed by atoms with E-state index in [1.54, 1.807) is 0 Å². The molecule has 0 aliphatic rings. The molecule has 1 aromatic heterocycles. The smallest absolute Gasteiger partial charge is 0.277 e. The number of amides is 1. The van der Waals surface area contributed by atoms with Gasteiger partial charge in [0, 0.05) is 11.6 Å². The molecule has 0 bridgehead atoms. The monoisotopic (exact) mass is 349 g/mol. The SMILES string of the molecule is CCC(C)C([NH3+])c1nnc(SCC(=O)Nc2cc(C)ccc2C)o1. The van der Waals surface area contributed by atoms with Crippen LogP contribution < -0.4 is 11.1 Å². The van der Waals surface area contributed by atoms with Gasteiger partial charge in [-0.25, -0.2) is 0 Å². The maximum atomic E-state index is 12.1. The minimum Gasteiger partial charge on any atom is -0.410 e. The van der Waals surface area contributed by atoms with Gasteiger partial charge in [0.15, 0.2) is 6.04 Å². The molecule has 0 radical (unpaired) electrons. The molecule has 24 heavy (non-hydrogen) atoms. The molecule has 1 heterocycles. The summed E-state index contributed by atoms with van der Waals surface area (Å²) in [5.41, 5.74) is 7.05. The van der Waals surface area contributed by atoms with E-state index in [1.807, 2.05) is 32.0 Å². The molecule has 130 valence electrons. The molecule has 0 fully saturated rings. The van der Waals surface area contributed by atoms with Crippen LogP contribution in [-0.2, 0) is 4.79 Å². The van der Waals surface area contributed by atoms with E-state index < -0.39 is 0 Å². The Hall–Kier alpha value is -1.86. The second-order valence-corrected chi connectivity index (χ2v) is 6.98. The number of hydrogen-bond acceptors (Lipinski definition) is 5. The number of thioether (sulfide) groups is 1. The molecule has 0 aliphatic heterocycles. The van der Waals surface area contributed by atoms with Crippen molar-refractivity contribution in [3.8, 4) is 0 Å². The molecule has 2 aromatic rings. The Labute approximate surface area is 146 Å². The number of carbonyl (C=O) groups excluding carboxylic acids is 1. The molecule has 0 saturated heterocycles. The van der Waals surface area contributed by atoms with Gasteiger partial charge in [0.2, 0.25) is 5.91 Å². The lowest BCUT2D eigenvalue weighted by Crippen LogP contribution is -2.56. The number of quaternary nitrogens is 1. The highest BCUT2D eigenvalue weighted by atomic mass is 32.2. The van der Waals surface area contributed by atoms with Crippen molar-refractivity contribution in [3.05, 3.63) is 35.2 Å². The summed E-state index contributed by atoms with van der Waals surface area (Å²) in [7, 11) is 0. The summed E-state index contributed by atoms with van der Waals surface area (Å²) in [6, 6.07) is 5.95. The quantitative estimate of drug-likeness (QED) is 0.749. The molecular formula is C17H25N4O2S+. The van der Waals surface area contributed by atoms with Crippen molar-refractivity contribution >= 4 is 23.4 Å². The number of aryl methyl sites for hydroxylation is 2. The standard InChI is InChI=1S/C17H24N4O2S/c1-5-11(3)15(18)16-20-21-17(23-16)24-9-14(22)19-13-8-10(2)6-7-12(13)4/h6-8,11,15H,5,9,18H2,1-4H3,(H,19,22)/p+1. The molecule has 0 aliphatic carbocycles. The van der Waals surface area contributed by atoms with E-state index in [4.69, 9.17) is 4.42 Å². The number of carbonyl (C=O) groups is 1. The van der Waals surface area contributed by atoms with Gasteiger partial charge >= 0.3 is 0 Å². The zero-order valence-corrected chi connectivity index (χ0v) is 15.4. The number of rotatable bonds is 7. The van der Waals surface area contributed by atoms with Crippen molar-refractivity contribution in [3.63, 3.8) is 0 Å². The van der Waals surface area contributed by atoms with Gasteiger partial charge < -0.3 is 15.5 Å². The van der Waals surface area contributed by atoms with Crippen LogP contribution in [0.4, 0.5) is 5.69 Å². The summed E-state index contributed by atoms with van der Waals surface area (Å²) in [6.45, 7) is 8.17. The lowest BCUT2D eigenvalue weighted by Gasteiger charge is -2.10. The number of anilines is 1. The largest absolute Gasteiger partial charge is 0.410 e. The van der Waals surface area contributed by atoms with E-state index in [9.17, 15) is 4.79 Å². The topological polar surface area (TPSA) is 95.7 Å². The van der Waals surface area contributed by atoms with Gasteiger partial charge in [-0.1, -0.05) is 37.7 Å². The third-order valence-corrected chi connectivity index (χ3v) is 4.88. The fourth-order valence-corrected chi connectivity index (χ4v) is 2.71. The molecule has 1 amide bonds. The predicted octanol–water partition coefficient (Wildman–Crippen LogP) is 2.75. The van der Waals surface area contributed by atoms with Crippen LogP contribution in [0.3, 0.4) is 0 Å². The fraction of sp³-hybridized carbons (Fsp3) is 0.471. The molecule has 7 heteroatoms. The predicted molar refractivity (Wildman–Crippen MR) is 94.7 cm³/mol. The zero-order chi connectivity index (χ0) is 17.7. The van der Waals surface area contributed by atoms with E-state index >= 15 is 0 Å². The third kappa shape index (κ3) is 4.82. The van der Waals surface area contributed by atoms with Crippen LogP contribution in [0.5, 0.6) is 0 Å². The first-order valence-corrected chi connectivity index (χ1v) is 9.05. The minimum absolute atomic E-state index is 0.0272. The number of hydrogen-bond donors (Lipinski definition) is 2. The third-order valence-electron chi connectivity index (χ3n) is 4.06. The van der Waals surface area contributed by atoms with E-state index in [1.165, 1.54) is 11.8 Å². The van der Waals surface area contributed by atoms with Crippen LogP contribution >= 0.6 is 11.8 Å². The maximum absolute atomic E-state index is 12.1. The Morgan fingerprint density at radius 1 is 1.38 bits per heavy atom. The molecular weight excluding hydrogens is 324 g/mol. The van der Waals surface area contributed by atoms with E-state index in [-0.39, 0.29) is 17.7 Å². The van der Waals surface area contributed by atoms with E-state index in [0.29, 0.717) is 17.0 Å². The normalized spacial score (nSPS) is 13.5. The van der Waals surface area contributed by atoms with Crippen molar-refractivity contribution in [1.82, 2.24) is 10.2 Å². The maximum Gasteiger partial charge on any atom is 0.277 e. The van der Waals surface area contributed by atoms with Gasteiger partial charge in [-0.15, -0.1) is 10.2 Å². The molecule has 6 nitrogen and oxygen atoms in total. The van der Waals surface area contributed by atoms with Crippen LogP contribution in [0.15, 0.2) is 27.8 Å². The average Bonchev–Trinajstić information content (AvgIpc) is 3.04. The van der Waals surface area contributed by atoms with Crippen molar-refractivity contribution in [2.24, 2.45) is 5.92 Å². The molecule has 2 atom stereocenters. The Morgan fingerprint density at radius 2 is 2.12 bits per heavy atom. The molecule has 2 unspecified atom stereocenters. The second kappa shape index (κ2) is 8.30. The average molecular weight is 349 g/mol. The summed E-state index contributed by atoms with van der Waals surface area (Å²) in [5, 5.41) is 11.3. The molecule has 0 saturated carbocycles. The number of nitrogens with zero attached hydrogens (tertiary/aromatic N) is 2. The van der Waals surface area contributed by atoms with Gasteiger partial charge in [0.1, 0.15) is 0 Å². The van der Waals surface area contributed by atoms with Crippen LogP contribution in [0, 0.1) is 19.8 Å². The molecule has 2 rings (SSSR count). The molecule has 4 N–H and O–H groups in total. The van der Waals surface area contributed by atoms with E-state index in [2.05, 4.69) is 35.1 Å². The summed E-state index contributed by atoms with van der Waals surface area (Å²) in [4.78, 5) is 12.1. The minimum atomic E-state index is -0.0958. The van der Waals surface area contributed by atoms with Crippen LogP contribution in [0.2, 0.25) is 0 Å². The summed E-state index contributed by atoms with van der Waals surface area (Å²) in [6.07, 6.45) is 0.997. The number of aromatic nitrogens is 2. The number of nitrogens with one attached hydrogen (secondary N) is 1. The second-order valence-electron chi connectivity index (χ2n) is 6.05. The highest BCUT2D eigenvalue weighted by Gasteiger charge is 2.23. The Balaban J connectivity index is 1.90. The van der Waals surface area contributed by atoms with Crippen LogP contribution in [-0.4, -0.2) is 21.9 Å². The van der Waals surface area contributed by atoms with Crippen molar-refractivity contribution in [1.29, 1.82) is 0 Å². The Morgan fingerprint density at radius 3 is 2.83 bits per heavy atom. The summed E-state index contributed by atoms with van der Waals surface area (Å²) >= 11 is 1.24. The number of benzene rings is 1. The van der Waals surface area contributed by atoms with Gasteiger partial charge in [0.05, 0.1) is 5.75 Å². The van der Waals surface area contributed by atoms with Crippen molar-refractivity contribution < 1.29 is 14.9 Å². The van der Waals surface area contributed by atoms with E-state index in [0.717, 1.165) is 23.2 Å². The lowest BCUT2D eigenvalue weighted by atomic mass is 10.0. The van der Waals surface area contributed by atoms with Crippen molar-refractivity contribution in [2.75, 3.05) is 11.1 Å². The first kappa shape index (κ1) is 18.5. The highest BCUT2D eigenvalue weighted by molar-refractivity contribution is 7.99. The first-order chi connectivity index (χ1) is 11.4. The molecule has 1 aromatic carbocycles. The molecule has 0 spiro atoms. The highest BCUT2D eigenvalue weighted by Crippen LogP contribution is 2.23. The van der Waals surface area contributed by atoms with Gasteiger partial charge in [-0.05, 0) is 37.5 Å². The zero-order valence-electron chi connectivity index (χ0n) is 14.6.